The molecule has 1 fully saturated rings. The van der Waals surface area contributed by atoms with Crippen molar-refractivity contribution in [2.75, 3.05) is 25.0 Å². The van der Waals surface area contributed by atoms with Gasteiger partial charge in [0.1, 0.15) is 15.8 Å². The molecular formula is C27H38N4O3S2. The number of thiocarbonyl (C=S) groups is 1. The number of carbonyl (C=O) groups excluding carboxylic acids is 1. The predicted octanol–water partition coefficient (Wildman–Crippen LogP) is 5.79. The molecule has 1 saturated heterocycles. The van der Waals surface area contributed by atoms with Crippen LogP contribution in [0, 0.1) is 6.92 Å². The number of nitrogens with zero attached hydrogens (tertiary/aromatic N) is 3. The standard InChI is InChI=1S/C27H38N4O3S2/c1-5-6-7-8-9-10-15-30-26(33)22(36-27(30)35)17-21-24(28-14-11-16-34-19(2)3)29-23-13-12-20(4)18-31(23)25(21)32/h12-13,17-19,28H,5-11,14-16H2,1-4H3. The Balaban J connectivity index is 1.81. The van der Waals surface area contributed by atoms with Crippen molar-refractivity contribution < 1.29 is 9.53 Å². The van der Waals surface area contributed by atoms with Crippen LogP contribution < -0.4 is 10.9 Å². The van der Waals surface area contributed by atoms with E-state index in [9.17, 15) is 9.59 Å². The van der Waals surface area contributed by atoms with Gasteiger partial charge in [0.2, 0.25) is 0 Å². The summed E-state index contributed by atoms with van der Waals surface area (Å²) >= 11 is 6.76. The fraction of sp³-hybridized carbons (Fsp3) is 0.556. The van der Waals surface area contributed by atoms with Crippen LogP contribution in [0.5, 0.6) is 0 Å². The Morgan fingerprint density at radius 3 is 2.64 bits per heavy atom. The van der Waals surface area contributed by atoms with E-state index < -0.39 is 0 Å². The highest BCUT2D eigenvalue weighted by molar-refractivity contribution is 8.26. The third kappa shape index (κ3) is 7.63. The largest absolute Gasteiger partial charge is 0.379 e. The minimum absolute atomic E-state index is 0.136. The summed E-state index contributed by atoms with van der Waals surface area (Å²) in [5, 5.41) is 3.29. The number of unbranched alkanes of at least 4 members (excludes halogenated alkanes) is 5. The second kappa shape index (κ2) is 13.9. The van der Waals surface area contributed by atoms with E-state index in [0.29, 0.717) is 46.0 Å². The Bertz CT molecular complexity index is 1160. The van der Waals surface area contributed by atoms with E-state index in [4.69, 9.17) is 21.9 Å². The molecule has 0 saturated carbocycles. The van der Waals surface area contributed by atoms with Crippen molar-refractivity contribution >= 4 is 51.7 Å². The van der Waals surface area contributed by atoms with E-state index in [2.05, 4.69) is 12.2 Å². The van der Waals surface area contributed by atoms with Gasteiger partial charge in [-0.2, -0.15) is 0 Å². The first-order chi connectivity index (χ1) is 17.3. The van der Waals surface area contributed by atoms with Crippen LogP contribution in [0.4, 0.5) is 5.82 Å². The van der Waals surface area contributed by atoms with Crippen LogP contribution >= 0.6 is 24.0 Å². The molecule has 2 aromatic rings. The first kappa shape index (κ1) is 28.3. The summed E-state index contributed by atoms with van der Waals surface area (Å²) in [6, 6.07) is 3.75. The highest BCUT2D eigenvalue weighted by Gasteiger charge is 2.32. The van der Waals surface area contributed by atoms with E-state index in [1.807, 2.05) is 32.9 Å². The molecule has 1 aliphatic rings. The molecule has 7 nitrogen and oxygen atoms in total. The second-order valence-corrected chi connectivity index (χ2v) is 11.1. The molecule has 0 spiro atoms. The van der Waals surface area contributed by atoms with Crippen molar-refractivity contribution in [2.45, 2.75) is 78.7 Å². The van der Waals surface area contributed by atoms with Gasteiger partial charge in [-0.3, -0.25) is 18.9 Å². The topological polar surface area (TPSA) is 75.9 Å². The van der Waals surface area contributed by atoms with Gasteiger partial charge in [-0.25, -0.2) is 4.98 Å². The summed E-state index contributed by atoms with van der Waals surface area (Å²) in [5.74, 6) is 0.332. The van der Waals surface area contributed by atoms with Crippen molar-refractivity contribution in [1.29, 1.82) is 0 Å². The van der Waals surface area contributed by atoms with Crippen LogP contribution in [0.1, 0.15) is 76.8 Å². The first-order valence-electron chi connectivity index (χ1n) is 13.0. The van der Waals surface area contributed by atoms with Crippen molar-refractivity contribution in [3.8, 4) is 0 Å². The number of aryl methyl sites for hydroxylation is 1. The molecular weight excluding hydrogens is 492 g/mol. The van der Waals surface area contributed by atoms with Gasteiger partial charge in [0, 0.05) is 25.9 Å². The molecule has 0 unspecified atom stereocenters. The Morgan fingerprint density at radius 2 is 1.89 bits per heavy atom. The number of aromatic nitrogens is 2. The highest BCUT2D eigenvalue weighted by atomic mass is 32.2. The molecule has 0 atom stereocenters. The van der Waals surface area contributed by atoms with Crippen molar-refractivity contribution in [2.24, 2.45) is 0 Å². The van der Waals surface area contributed by atoms with E-state index in [1.165, 1.54) is 41.8 Å². The molecule has 2 aromatic heterocycles. The Hall–Kier alpha value is -2.23. The number of rotatable bonds is 14. The maximum Gasteiger partial charge on any atom is 0.267 e. The van der Waals surface area contributed by atoms with Crippen molar-refractivity contribution in [3.63, 3.8) is 0 Å². The molecule has 1 N–H and O–H groups in total. The zero-order chi connectivity index (χ0) is 26.1. The molecule has 9 heteroatoms. The molecule has 36 heavy (non-hydrogen) atoms. The quantitative estimate of drug-likeness (QED) is 0.188. The molecule has 0 aliphatic carbocycles. The number of anilines is 1. The van der Waals surface area contributed by atoms with E-state index >= 15 is 0 Å². The molecule has 196 valence electrons. The number of pyridine rings is 1. The minimum atomic E-state index is -0.217. The summed E-state index contributed by atoms with van der Waals surface area (Å²) in [6.45, 7) is 9.96. The summed E-state index contributed by atoms with van der Waals surface area (Å²) in [4.78, 5) is 33.5. The van der Waals surface area contributed by atoms with E-state index in [1.54, 1.807) is 17.2 Å². The highest BCUT2D eigenvalue weighted by Crippen LogP contribution is 2.33. The lowest BCUT2D eigenvalue weighted by Gasteiger charge is -2.14. The maximum absolute atomic E-state index is 13.5. The molecule has 0 aromatic carbocycles. The van der Waals surface area contributed by atoms with Crippen LogP contribution in [0.15, 0.2) is 28.0 Å². The molecule has 3 heterocycles. The number of thioether (sulfide) groups is 1. The van der Waals surface area contributed by atoms with Gasteiger partial charge >= 0.3 is 0 Å². The monoisotopic (exact) mass is 530 g/mol. The first-order valence-corrected chi connectivity index (χ1v) is 14.2. The average molecular weight is 531 g/mol. The van der Waals surface area contributed by atoms with Gasteiger partial charge in [0.05, 0.1) is 16.6 Å². The number of amides is 1. The van der Waals surface area contributed by atoms with E-state index in [0.717, 1.165) is 24.8 Å². The third-order valence-electron chi connectivity index (χ3n) is 5.95. The van der Waals surface area contributed by atoms with Crippen LogP contribution in [0.3, 0.4) is 0 Å². The zero-order valence-corrected chi connectivity index (χ0v) is 23.5. The third-order valence-corrected chi connectivity index (χ3v) is 7.33. The molecule has 0 bridgehead atoms. The number of nitrogens with one attached hydrogen (secondary N) is 1. The van der Waals surface area contributed by atoms with Crippen molar-refractivity contribution in [1.82, 2.24) is 14.3 Å². The smallest absolute Gasteiger partial charge is 0.267 e. The summed E-state index contributed by atoms with van der Waals surface area (Å²) < 4.78 is 7.70. The molecule has 1 amide bonds. The van der Waals surface area contributed by atoms with Crippen LogP contribution in [0.25, 0.3) is 11.7 Å². The number of hydrogen-bond acceptors (Lipinski definition) is 7. The van der Waals surface area contributed by atoms with Gasteiger partial charge in [-0.1, -0.05) is 69.1 Å². The predicted molar refractivity (Wildman–Crippen MR) is 154 cm³/mol. The number of ether oxygens (including phenoxy) is 1. The normalized spacial score (nSPS) is 15.1. The average Bonchev–Trinajstić information content (AvgIpc) is 3.10. The van der Waals surface area contributed by atoms with Gasteiger partial charge in [0.25, 0.3) is 11.5 Å². The fourth-order valence-electron chi connectivity index (χ4n) is 4.00. The van der Waals surface area contributed by atoms with Gasteiger partial charge < -0.3 is 10.1 Å². The summed E-state index contributed by atoms with van der Waals surface area (Å²) in [6.07, 6.45) is 11.2. The molecule has 1 aliphatic heterocycles. The minimum Gasteiger partial charge on any atom is -0.379 e. The lowest BCUT2D eigenvalue weighted by molar-refractivity contribution is -0.122. The summed E-state index contributed by atoms with van der Waals surface area (Å²) in [7, 11) is 0. The zero-order valence-electron chi connectivity index (χ0n) is 21.8. The SMILES string of the molecule is CCCCCCCCN1C(=O)C(=Cc2c(NCCCOC(C)C)nc3ccc(C)cn3c2=O)SC1=S. The number of carbonyl (C=O) groups is 1. The van der Waals surface area contributed by atoms with Gasteiger partial charge in [0.15, 0.2) is 0 Å². The molecule has 3 rings (SSSR count). The van der Waals surface area contributed by atoms with E-state index in [-0.39, 0.29) is 17.6 Å². The van der Waals surface area contributed by atoms with Gasteiger partial charge in [-0.15, -0.1) is 0 Å². The number of hydrogen-bond donors (Lipinski definition) is 1. The maximum atomic E-state index is 13.5. The van der Waals surface area contributed by atoms with Crippen LogP contribution in [-0.2, 0) is 9.53 Å². The lowest BCUT2D eigenvalue weighted by atomic mass is 10.1. The van der Waals surface area contributed by atoms with Gasteiger partial charge in [-0.05, 0) is 51.3 Å². The fourth-order valence-corrected chi connectivity index (χ4v) is 5.29. The van der Waals surface area contributed by atoms with Crippen molar-refractivity contribution in [3.05, 3.63) is 44.7 Å². The Morgan fingerprint density at radius 1 is 1.14 bits per heavy atom. The van der Waals surface area contributed by atoms with Crippen LogP contribution in [-0.4, -0.2) is 50.3 Å². The second-order valence-electron chi connectivity index (χ2n) is 9.41. The lowest BCUT2D eigenvalue weighted by Crippen LogP contribution is -2.29. The Kier molecular flexibility index (Phi) is 10.9. The summed E-state index contributed by atoms with van der Waals surface area (Å²) in [5.41, 5.74) is 1.65. The van der Waals surface area contributed by atoms with Crippen LogP contribution in [0.2, 0.25) is 0 Å². The molecule has 0 radical (unpaired) electrons. The number of fused-ring (bicyclic) bond motifs is 1. The Labute approximate surface area is 223 Å².